The average Bonchev–Trinajstić information content (AvgIpc) is 1.60. The van der Waals surface area contributed by atoms with Gasteiger partial charge in [0.15, 0.2) is 0 Å². The van der Waals surface area contributed by atoms with Gasteiger partial charge in [-0.25, -0.2) is 0 Å². The predicted molar refractivity (Wildman–Crippen MR) is 42.9 cm³/mol. The van der Waals surface area contributed by atoms with E-state index in [-0.39, 0.29) is 0 Å². The van der Waals surface area contributed by atoms with Crippen LogP contribution in [0.25, 0.3) is 0 Å². The Balaban J connectivity index is 1.90. The first kappa shape index (κ1) is 6.21. The molecule has 0 nitrogen and oxygen atoms in total. The number of alkyl halides is 1. The highest BCUT2D eigenvalue weighted by Crippen LogP contribution is 2.73. The molecule has 0 aromatic carbocycles. The molecule has 2 bridgehead atoms. The first-order valence-electron chi connectivity index (χ1n) is 3.87. The molecule has 3 saturated carbocycles. The Kier molecular flexibility index (Phi) is 1.07. The fourth-order valence-corrected chi connectivity index (χ4v) is 4.44. The van der Waals surface area contributed by atoms with Gasteiger partial charge in [-0.05, 0) is 31.1 Å². The second kappa shape index (κ2) is 1.55. The molecule has 0 aliphatic heterocycles. The summed E-state index contributed by atoms with van der Waals surface area (Å²) in [6.45, 7) is 2.29. The van der Waals surface area contributed by atoms with Gasteiger partial charge in [0.2, 0.25) is 0 Å². The lowest BCUT2D eigenvalue weighted by molar-refractivity contribution is -0.0768. The van der Waals surface area contributed by atoms with Crippen molar-refractivity contribution >= 4 is 15.9 Å². The maximum atomic E-state index is 3.74. The Morgan fingerprint density at radius 2 is 1.89 bits per heavy atom. The Labute approximate surface area is 65.1 Å². The normalized spacial score (nSPS) is 54.0. The van der Waals surface area contributed by atoms with Crippen LogP contribution in [0.15, 0.2) is 0 Å². The van der Waals surface area contributed by atoms with Crippen LogP contribution in [0.5, 0.6) is 0 Å². The van der Waals surface area contributed by atoms with Gasteiger partial charge in [-0.2, -0.15) is 0 Å². The van der Waals surface area contributed by atoms with Gasteiger partial charge in [0.25, 0.3) is 0 Å². The lowest BCUT2D eigenvalue weighted by Gasteiger charge is -2.68. The quantitative estimate of drug-likeness (QED) is 0.585. The third kappa shape index (κ3) is 0.705. The summed E-state index contributed by atoms with van der Waals surface area (Å²) in [7, 11) is 0. The van der Waals surface area contributed by atoms with Crippen LogP contribution in [0.3, 0.4) is 0 Å². The van der Waals surface area contributed by atoms with Gasteiger partial charge in [0, 0.05) is 4.32 Å². The summed E-state index contributed by atoms with van der Waals surface area (Å²) < 4.78 is 0.641. The van der Waals surface area contributed by atoms with E-state index >= 15 is 0 Å². The molecule has 3 rings (SSSR count). The molecule has 3 fully saturated rings. The molecule has 3 aliphatic carbocycles. The van der Waals surface area contributed by atoms with Crippen molar-refractivity contribution in [3.63, 3.8) is 0 Å². The van der Waals surface area contributed by atoms with Crippen molar-refractivity contribution in [3.05, 3.63) is 0 Å². The monoisotopic (exact) mass is 188 g/mol. The van der Waals surface area contributed by atoms with E-state index in [2.05, 4.69) is 22.9 Å². The van der Waals surface area contributed by atoms with Crippen LogP contribution in [0.2, 0.25) is 0 Å². The van der Waals surface area contributed by atoms with Crippen LogP contribution in [0.4, 0.5) is 0 Å². The second-order valence-corrected chi connectivity index (χ2v) is 5.61. The van der Waals surface area contributed by atoms with Gasteiger partial charge in [-0.15, -0.1) is 0 Å². The predicted octanol–water partition coefficient (Wildman–Crippen LogP) is 3.10. The number of halogens is 1. The minimum Gasteiger partial charge on any atom is -0.0853 e. The molecule has 1 heteroatoms. The Morgan fingerprint density at radius 1 is 1.33 bits per heavy atom. The van der Waals surface area contributed by atoms with E-state index in [1.807, 2.05) is 0 Å². The maximum Gasteiger partial charge on any atom is 0.0273 e. The molecule has 0 heterocycles. The van der Waals surface area contributed by atoms with Crippen LogP contribution in [-0.4, -0.2) is 4.32 Å². The highest BCUT2D eigenvalue weighted by Gasteiger charge is 2.65. The van der Waals surface area contributed by atoms with Gasteiger partial charge in [-0.1, -0.05) is 29.3 Å². The van der Waals surface area contributed by atoms with E-state index in [1.165, 1.54) is 32.1 Å². The van der Waals surface area contributed by atoms with Crippen molar-refractivity contribution in [2.45, 2.75) is 43.4 Å². The average molecular weight is 189 g/mol. The minimum absolute atomic E-state index is 0.641. The summed E-state index contributed by atoms with van der Waals surface area (Å²) in [5.41, 5.74) is 0.832. The van der Waals surface area contributed by atoms with Crippen molar-refractivity contribution in [3.8, 4) is 0 Å². The zero-order valence-corrected chi connectivity index (χ0v) is 7.50. The van der Waals surface area contributed by atoms with Crippen molar-refractivity contribution < 1.29 is 0 Å². The molecule has 0 aromatic heterocycles. The van der Waals surface area contributed by atoms with Gasteiger partial charge in [-0.3, -0.25) is 0 Å². The molecule has 0 N–H and O–H groups in total. The summed E-state index contributed by atoms with van der Waals surface area (Å²) in [5, 5.41) is 0. The standard InChI is InChI=1S/C8H13Br/c1-2-3-7-4-8(9,5-7)6-7/h2-6H2,1H3. The molecule has 0 atom stereocenters. The number of rotatable bonds is 2. The SMILES string of the molecule is CCCC12CC(Br)(C1)C2. The zero-order valence-electron chi connectivity index (χ0n) is 5.91. The third-order valence-electron chi connectivity index (χ3n) is 2.86. The molecule has 0 aromatic rings. The van der Waals surface area contributed by atoms with Gasteiger partial charge in [0.05, 0.1) is 0 Å². The summed E-state index contributed by atoms with van der Waals surface area (Å²) in [6.07, 6.45) is 7.25. The van der Waals surface area contributed by atoms with Crippen LogP contribution >= 0.6 is 15.9 Å². The lowest BCUT2D eigenvalue weighted by Crippen LogP contribution is -2.62. The maximum absolute atomic E-state index is 3.74. The molecule has 3 aliphatic rings. The summed E-state index contributed by atoms with van der Waals surface area (Å²) >= 11 is 3.74. The van der Waals surface area contributed by atoms with Gasteiger partial charge >= 0.3 is 0 Å². The highest BCUT2D eigenvalue weighted by atomic mass is 79.9. The van der Waals surface area contributed by atoms with Crippen molar-refractivity contribution in [2.24, 2.45) is 5.41 Å². The minimum atomic E-state index is 0.641. The second-order valence-electron chi connectivity index (χ2n) is 3.93. The first-order chi connectivity index (χ1) is 4.18. The first-order valence-corrected chi connectivity index (χ1v) is 4.66. The van der Waals surface area contributed by atoms with E-state index < -0.39 is 0 Å². The van der Waals surface area contributed by atoms with E-state index in [1.54, 1.807) is 0 Å². The summed E-state index contributed by atoms with van der Waals surface area (Å²) in [6, 6.07) is 0. The van der Waals surface area contributed by atoms with Gasteiger partial charge in [0.1, 0.15) is 0 Å². The van der Waals surface area contributed by atoms with E-state index in [0.29, 0.717) is 4.32 Å². The van der Waals surface area contributed by atoms with E-state index in [0.717, 1.165) is 5.41 Å². The van der Waals surface area contributed by atoms with Crippen LogP contribution in [0.1, 0.15) is 39.0 Å². The summed E-state index contributed by atoms with van der Waals surface area (Å²) in [4.78, 5) is 0. The highest BCUT2D eigenvalue weighted by molar-refractivity contribution is 9.10. The van der Waals surface area contributed by atoms with E-state index in [9.17, 15) is 0 Å². The fourth-order valence-electron chi connectivity index (χ4n) is 2.66. The van der Waals surface area contributed by atoms with Crippen LogP contribution in [-0.2, 0) is 0 Å². The Bertz CT molecular complexity index is 114. The fraction of sp³-hybridized carbons (Fsp3) is 1.00. The molecule has 52 valence electrons. The Hall–Kier alpha value is 0.480. The lowest BCUT2D eigenvalue weighted by atomic mass is 9.43. The van der Waals surface area contributed by atoms with E-state index in [4.69, 9.17) is 0 Å². The van der Waals surface area contributed by atoms with Crippen LogP contribution < -0.4 is 0 Å². The molecule has 0 amide bonds. The van der Waals surface area contributed by atoms with Crippen molar-refractivity contribution in [1.29, 1.82) is 0 Å². The zero-order chi connectivity index (χ0) is 6.54. The van der Waals surface area contributed by atoms with Crippen molar-refractivity contribution in [2.75, 3.05) is 0 Å². The molecular formula is C8H13Br. The smallest absolute Gasteiger partial charge is 0.0273 e. The molecule has 9 heavy (non-hydrogen) atoms. The molecular weight excluding hydrogens is 176 g/mol. The largest absolute Gasteiger partial charge is 0.0853 e. The molecule has 0 spiro atoms. The topological polar surface area (TPSA) is 0 Å². The Morgan fingerprint density at radius 3 is 2.22 bits per heavy atom. The summed E-state index contributed by atoms with van der Waals surface area (Å²) in [5.74, 6) is 0. The third-order valence-corrected chi connectivity index (χ3v) is 3.70. The molecule has 0 saturated heterocycles. The number of hydrogen-bond acceptors (Lipinski definition) is 0. The molecule has 0 radical (unpaired) electrons. The van der Waals surface area contributed by atoms with Crippen molar-refractivity contribution in [1.82, 2.24) is 0 Å². The number of hydrogen-bond donors (Lipinski definition) is 0. The van der Waals surface area contributed by atoms with Gasteiger partial charge < -0.3 is 0 Å². The molecule has 0 unspecified atom stereocenters. The van der Waals surface area contributed by atoms with Crippen LogP contribution in [0, 0.1) is 5.41 Å².